The minimum absolute atomic E-state index is 0.175. The number of nitrogens with zero attached hydrogens (tertiary/aromatic N) is 3. The smallest absolute Gasteiger partial charge is 0.266 e. The molecule has 146 valence electrons. The van der Waals surface area contributed by atoms with Crippen molar-refractivity contribution in [2.75, 3.05) is 28.4 Å². The molecule has 7 nitrogen and oxygen atoms in total. The van der Waals surface area contributed by atoms with Gasteiger partial charge >= 0.3 is 0 Å². The topological polar surface area (TPSA) is 73.3 Å². The Morgan fingerprint density at radius 3 is 2.54 bits per heavy atom. The fourth-order valence-corrected chi connectivity index (χ4v) is 3.72. The molecule has 1 aliphatic rings. The lowest BCUT2D eigenvalue weighted by molar-refractivity contribution is -0.121. The molecule has 2 aromatic rings. The summed E-state index contributed by atoms with van der Waals surface area (Å²) in [7, 11) is 6.28. The number of amidine groups is 1. The zero-order valence-electron chi connectivity index (χ0n) is 15.7. The Morgan fingerprint density at radius 1 is 1.14 bits per heavy atom. The molecular formula is C19H18ClN3O4S. The second-order valence-corrected chi connectivity index (χ2v) is 7.04. The summed E-state index contributed by atoms with van der Waals surface area (Å²) in [5.41, 5.74) is 1.23. The monoisotopic (exact) mass is 419 g/mol. The van der Waals surface area contributed by atoms with Crippen LogP contribution in [0, 0.1) is 0 Å². The van der Waals surface area contributed by atoms with E-state index in [-0.39, 0.29) is 5.91 Å². The third-order valence-electron chi connectivity index (χ3n) is 3.99. The van der Waals surface area contributed by atoms with Gasteiger partial charge < -0.3 is 14.2 Å². The first-order valence-corrected chi connectivity index (χ1v) is 9.34. The van der Waals surface area contributed by atoms with Gasteiger partial charge in [-0.2, -0.15) is 0 Å². The van der Waals surface area contributed by atoms with Gasteiger partial charge in [0.25, 0.3) is 5.91 Å². The predicted molar refractivity (Wildman–Crippen MR) is 111 cm³/mol. The molecule has 28 heavy (non-hydrogen) atoms. The van der Waals surface area contributed by atoms with Crippen molar-refractivity contribution >= 4 is 46.2 Å². The van der Waals surface area contributed by atoms with Gasteiger partial charge in [0.1, 0.15) is 0 Å². The third-order valence-corrected chi connectivity index (χ3v) is 5.34. The van der Waals surface area contributed by atoms with Crippen LogP contribution >= 0.6 is 23.4 Å². The van der Waals surface area contributed by atoms with Crippen molar-refractivity contribution < 1.29 is 19.0 Å². The maximum absolute atomic E-state index is 12.7. The number of hydrogen-bond donors (Lipinski definition) is 0. The van der Waals surface area contributed by atoms with Crippen LogP contribution in [0.2, 0.25) is 5.02 Å². The Bertz CT molecular complexity index is 978. The van der Waals surface area contributed by atoms with E-state index in [2.05, 4.69) is 9.98 Å². The van der Waals surface area contributed by atoms with Crippen molar-refractivity contribution in [2.45, 2.75) is 0 Å². The average Bonchev–Trinajstić information content (AvgIpc) is 2.97. The van der Waals surface area contributed by atoms with Gasteiger partial charge in [-0.05, 0) is 36.0 Å². The Balaban J connectivity index is 2.00. The molecule has 9 heteroatoms. The number of halogens is 1. The molecule has 0 spiro atoms. The van der Waals surface area contributed by atoms with Crippen molar-refractivity contribution in [2.24, 2.45) is 4.99 Å². The Labute approximate surface area is 172 Å². The summed E-state index contributed by atoms with van der Waals surface area (Å²) in [6, 6.07) is 5.25. The SMILES string of the molecule is COc1ccc(/C=C2\SC(=Nc3ccncc3Cl)N(C)C2=O)c(OC)c1OC. The van der Waals surface area contributed by atoms with Gasteiger partial charge in [0.2, 0.25) is 5.75 Å². The summed E-state index contributed by atoms with van der Waals surface area (Å²) >= 11 is 7.36. The van der Waals surface area contributed by atoms with E-state index in [1.165, 1.54) is 37.1 Å². The van der Waals surface area contributed by atoms with Gasteiger partial charge in [-0.25, -0.2) is 4.99 Å². The van der Waals surface area contributed by atoms with Crippen molar-refractivity contribution in [3.63, 3.8) is 0 Å². The van der Waals surface area contributed by atoms with Crippen molar-refractivity contribution in [3.8, 4) is 17.2 Å². The highest BCUT2D eigenvalue weighted by Crippen LogP contribution is 2.42. The number of methoxy groups -OCH3 is 3. The number of ether oxygens (including phenoxy) is 3. The summed E-state index contributed by atoms with van der Waals surface area (Å²) in [6.45, 7) is 0. The molecule has 1 saturated heterocycles. The van der Waals surface area contributed by atoms with E-state index in [4.69, 9.17) is 25.8 Å². The van der Waals surface area contributed by atoms with E-state index in [0.29, 0.717) is 43.6 Å². The normalized spacial score (nSPS) is 16.8. The lowest BCUT2D eigenvalue weighted by Gasteiger charge is -2.14. The molecule has 1 aliphatic heterocycles. The van der Waals surface area contributed by atoms with Crippen molar-refractivity contribution in [3.05, 3.63) is 46.1 Å². The van der Waals surface area contributed by atoms with Gasteiger partial charge in [0, 0.05) is 25.0 Å². The standard InChI is InChI=1S/C19H18ClN3O4S/c1-23-18(24)15(28-19(23)22-13-7-8-21-10-12(13)20)9-11-5-6-14(25-2)17(27-4)16(11)26-3/h5-10H,1-4H3/b15-9-,22-19?. The molecule has 0 saturated carbocycles. The van der Waals surface area contributed by atoms with Crippen LogP contribution in [0.1, 0.15) is 5.56 Å². The second kappa shape index (κ2) is 8.53. The van der Waals surface area contributed by atoms with E-state index < -0.39 is 0 Å². The zero-order chi connectivity index (χ0) is 20.3. The first-order valence-electron chi connectivity index (χ1n) is 8.15. The lowest BCUT2D eigenvalue weighted by atomic mass is 10.1. The van der Waals surface area contributed by atoms with Crippen LogP contribution in [-0.2, 0) is 4.79 Å². The number of thioether (sulfide) groups is 1. The number of aliphatic imine (C=N–C) groups is 1. The second-order valence-electron chi connectivity index (χ2n) is 5.62. The maximum atomic E-state index is 12.7. The first kappa shape index (κ1) is 20.0. The molecule has 0 N–H and O–H groups in total. The van der Waals surface area contributed by atoms with E-state index >= 15 is 0 Å². The van der Waals surface area contributed by atoms with E-state index in [1.54, 1.807) is 44.6 Å². The van der Waals surface area contributed by atoms with Crippen LogP contribution in [0.25, 0.3) is 6.08 Å². The number of carbonyl (C=O) groups is 1. The molecule has 1 fully saturated rings. The van der Waals surface area contributed by atoms with Crippen LogP contribution < -0.4 is 14.2 Å². The highest BCUT2D eigenvalue weighted by atomic mass is 35.5. The average molecular weight is 420 g/mol. The summed E-state index contributed by atoms with van der Waals surface area (Å²) in [4.78, 5) is 23.1. The third kappa shape index (κ3) is 3.79. The molecule has 2 heterocycles. The molecule has 0 unspecified atom stereocenters. The molecule has 0 aliphatic carbocycles. The molecular weight excluding hydrogens is 402 g/mol. The van der Waals surface area contributed by atoms with E-state index in [9.17, 15) is 4.79 Å². The van der Waals surface area contributed by atoms with E-state index in [1.807, 2.05) is 0 Å². The molecule has 0 radical (unpaired) electrons. The summed E-state index contributed by atoms with van der Waals surface area (Å²) in [5.74, 6) is 1.30. The van der Waals surface area contributed by atoms with Crippen molar-refractivity contribution in [1.82, 2.24) is 9.88 Å². The number of rotatable bonds is 5. The molecule has 1 amide bonds. The fraction of sp³-hybridized carbons (Fsp3) is 0.211. The minimum atomic E-state index is -0.175. The summed E-state index contributed by atoms with van der Waals surface area (Å²) in [5, 5.41) is 0.930. The Kier molecular flexibility index (Phi) is 6.11. The Morgan fingerprint density at radius 2 is 1.89 bits per heavy atom. The molecule has 3 rings (SSSR count). The number of carbonyl (C=O) groups excluding carboxylic acids is 1. The van der Waals surface area contributed by atoms with Gasteiger partial charge in [-0.3, -0.25) is 14.7 Å². The highest BCUT2D eigenvalue weighted by Gasteiger charge is 2.31. The number of pyridine rings is 1. The zero-order valence-corrected chi connectivity index (χ0v) is 17.3. The minimum Gasteiger partial charge on any atom is -0.493 e. The number of benzene rings is 1. The number of aromatic nitrogens is 1. The summed E-state index contributed by atoms with van der Waals surface area (Å²) < 4.78 is 16.2. The van der Waals surface area contributed by atoms with Crippen LogP contribution in [0.3, 0.4) is 0 Å². The van der Waals surface area contributed by atoms with Crippen LogP contribution in [0.15, 0.2) is 40.5 Å². The largest absolute Gasteiger partial charge is 0.493 e. The molecule has 0 bridgehead atoms. The molecule has 1 aromatic heterocycles. The molecule has 1 aromatic carbocycles. The summed E-state index contributed by atoms with van der Waals surface area (Å²) in [6.07, 6.45) is 4.84. The van der Waals surface area contributed by atoms with Gasteiger partial charge in [-0.1, -0.05) is 11.6 Å². The van der Waals surface area contributed by atoms with Crippen LogP contribution in [0.5, 0.6) is 17.2 Å². The number of amides is 1. The van der Waals surface area contributed by atoms with E-state index in [0.717, 1.165) is 0 Å². The Hall–Kier alpha value is -2.71. The number of likely N-dealkylation sites (N-methyl/N-ethyl adjacent to an activating group) is 1. The maximum Gasteiger partial charge on any atom is 0.266 e. The fourth-order valence-electron chi connectivity index (χ4n) is 2.59. The van der Waals surface area contributed by atoms with Crippen molar-refractivity contribution in [1.29, 1.82) is 0 Å². The predicted octanol–water partition coefficient (Wildman–Crippen LogP) is 3.99. The van der Waals surface area contributed by atoms with Gasteiger partial charge in [-0.15, -0.1) is 0 Å². The number of hydrogen-bond acceptors (Lipinski definition) is 7. The lowest BCUT2D eigenvalue weighted by Crippen LogP contribution is -2.23. The quantitative estimate of drug-likeness (QED) is 0.682. The van der Waals surface area contributed by atoms with Gasteiger partial charge in [0.15, 0.2) is 16.7 Å². The van der Waals surface area contributed by atoms with Crippen LogP contribution in [-0.4, -0.2) is 49.3 Å². The first-order chi connectivity index (χ1) is 13.5. The molecule has 0 atom stereocenters. The highest BCUT2D eigenvalue weighted by molar-refractivity contribution is 8.18. The van der Waals surface area contributed by atoms with Crippen LogP contribution in [0.4, 0.5) is 5.69 Å². The van der Waals surface area contributed by atoms with Gasteiger partial charge in [0.05, 0.1) is 36.9 Å².